The van der Waals surface area contributed by atoms with Crippen LogP contribution in [0.3, 0.4) is 0 Å². The second kappa shape index (κ2) is 6.09. The highest BCUT2D eigenvalue weighted by molar-refractivity contribution is 4.91. The molecule has 1 aliphatic heterocycles. The first kappa shape index (κ1) is 12.5. The van der Waals surface area contributed by atoms with Gasteiger partial charge in [-0.15, -0.1) is 0 Å². The van der Waals surface area contributed by atoms with Crippen LogP contribution in [0.2, 0.25) is 0 Å². The van der Waals surface area contributed by atoms with Crippen LogP contribution in [-0.4, -0.2) is 37.6 Å². The van der Waals surface area contributed by atoms with E-state index in [0.29, 0.717) is 0 Å². The number of hydrogen-bond acceptors (Lipinski definition) is 3. The molecule has 86 valence electrons. The molecule has 1 rings (SSSR count). The van der Waals surface area contributed by atoms with Crippen molar-refractivity contribution in [1.82, 2.24) is 10.2 Å². The molecule has 0 aromatic rings. The normalized spacial score (nSPS) is 17.9. The van der Waals surface area contributed by atoms with Crippen LogP contribution >= 0.6 is 0 Å². The van der Waals surface area contributed by atoms with Crippen molar-refractivity contribution >= 4 is 0 Å². The molecule has 0 aromatic carbocycles. The maximum absolute atomic E-state index is 8.84. The van der Waals surface area contributed by atoms with E-state index in [1.165, 1.54) is 25.9 Å². The monoisotopic (exact) mass is 209 g/mol. The Morgan fingerprint density at radius 1 is 1.27 bits per heavy atom. The number of nitriles is 1. The summed E-state index contributed by atoms with van der Waals surface area (Å²) in [5.74, 6) is 0. The summed E-state index contributed by atoms with van der Waals surface area (Å²) in [4.78, 5) is 2.50. The van der Waals surface area contributed by atoms with Gasteiger partial charge in [-0.2, -0.15) is 5.26 Å². The quantitative estimate of drug-likeness (QED) is 0.676. The molecule has 1 saturated heterocycles. The molecule has 0 amide bonds. The smallest absolute Gasteiger partial charge is 0.0684 e. The van der Waals surface area contributed by atoms with Crippen molar-refractivity contribution < 1.29 is 0 Å². The summed E-state index contributed by atoms with van der Waals surface area (Å²) >= 11 is 0. The lowest BCUT2D eigenvalue weighted by atomic mass is 9.92. The molecule has 1 aliphatic rings. The summed E-state index contributed by atoms with van der Waals surface area (Å²) in [7, 11) is 0. The molecule has 1 heterocycles. The van der Waals surface area contributed by atoms with Crippen LogP contribution in [0.4, 0.5) is 0 Å². The summed E-state index contributed by atoms with van der Waals surface area (Å²) in [5.41, 5.74) is -0.180. The Bertz CT molecular complexity index is 211. The Morgan fingerprint density at radius 3 is 2.53 bits per heavy atom. The van der Waals surface area contributed by atoms with Crippen molar-refractivity contribution in [3.63, 3.8) is 0 Å². The number of nitrogens with one attached hydrogen (secondary N) is 1. The Morgan fingerprint density at radius 2 is 1.93 bits per heavy atom. The first-order valence-corrected chi connectivity index (χ1v) is 5.98. The predicted molar refractivity (Wildman–Crippen MR) is 62.6 cm³/mol. The van der Waals surface area contributed by atoms with Gasteiger partial charge in [0.2, 0.25) is 0 Å². The Balaban J connectivity index is 1.95. The summed E-state index contributed by atoms with van der Waals surface area (Å²) in [6.07, 6.45) is 3.66. The summed E-state index contributed by atoms with van der Waals surface area (Å²) in [6, 6.07) is 2.32. The Hall–Kier alpha value is -0.590. The zero-order valence-electron chi connectivity index (χ0n) is 10.1. The molecule has 1 N–H and O–H groups in total. The van der Waals surface area contributed by atoms with Crippen LogP contribution in [0.1, 0.15) is 33.1 Å². The van der Waals surface area contributed by atoms with Gasteiger partial charge in [-0.05, 0) is 52.7 Å². The lowest BCUT2D eigenvalue weighted by Crippen LogP contribution is -2.31. The van der Waals surface area contributed by atoms with Gasteiger partial charge in [0.1, 0.15) is 0 Å². The number of nitrogens with zero attached hydrogens (tertiary/aromatic N) is 2. The van der Waals surface area contributed by atoms with Gasteiger partial charge in [-0.3, -0.25) is 0 Å². The third-order valence-electron chi connectivity index (χ3n) is 3.03. The van der Waals surface area contributed by atoms with Crippen molar-refractivity contribution in [2.75, 3.05) is 32.7 Å². The molecule has 15 heavy (non-hydrogen) atoms. The van der Waals surface area contributed by atoms with Crippen LogP contribution in [0.5, 0.6) is 0 Å². The SMILES string of the molecule is CC(C)(C#N)CCNCCN1CCCC1. The van der Waals surface area contributed by atoms with Gasteiger partial charge < -0.3 is 10.2 Å². The zero-order chi connectivity index (χ0) is 11.1. The van der Waals surface area contributed by atoms with E-state index >= 15 is 0 Å². The highest BCUT2D eigenvalue weighted by Gasteiger charge is 2.15. The van der Waals surface area contributed by atoms with Crippen molar-refractivity contribution in [2.45, 2.75) is 33.1 Å². The second-order valence-electron chi connectivity index (χ2n) is 5.04. The molecule has 0 atom stereocenters. The van der Waals surface area contributed by atoms with E-state index in [9.17, 15) is 0 Å². The molecule has 0 unspecified atom stereocenters. The van der Waals surface area contributed by atoms with Crippen molar-refractivity contribution in [3.05, 3.63) is 0 Å². The zero-order valence-corrected chi connectivity index (χ0v) is 10.1. The summed E-state index contributed by atoms with van der Waals surface area (Å²) < 4.78 is 0. The minimum Gasteiger partial charge on any atom is -0.315 e. The maximum Gasteiger partial charge on any atom is 0.0684 e. The summed E-state index contributed by atoms with van der Waals surface area (Å²) in [5, 5.41) is 12.2. The summed E-state index contributed by atoms with van der Waals surface area (Å²) in [6.45, 7) is 9.70. The second-order valence-corrected chi connectivity index (χ2v) is 5.04. The van der Waals surface area contributed by atoms with Crippen LogP contribution in [0.15, 0.2) is 0 Å². The highest BCUT2D eigenvalue weighted by atomic mass is 15.1. The van der Waals surface area contributed by atoms with Gasteiger partial charge in [0.05, 0.1) is 11.5 Å². The third kappa shape index (κ3) is 5.15. The topological polar surface area (TPSA) is 39.1 Å². The molecule has 3 nitrogen and oxygen atoms in total. The maximum atomic E-state index is 8.84. The molecule has 0 aromatic heterocycles. The molecule has 1 fully saturated rings. The number of rotatable bonds is 6. The van der Waals surface area contributed by atoms with E-state index in [-0.39, 0.29) is 5.41 Å². The van der Waals surface area contributed by atoms with Gasteiger partial charge in [0.25, 0.3) is 0 Å². The molecule has 3 heteroatoms. The predicted octanol–water partition coefficient (Wildman–Crippen LogP) is 1.61. The number of hydrogen-bond donors (Lipinski definition) is 1. The molecule has 0 bridgehead atoms. The van der Waals surface area contributed by atoms with E-state index in [2.05, 4.69) is 16.3 Å². The molecule has 0 spiro atoms. The first-order chi connectivity index (χ1) is 7.14. The van der Waals surface area contributed by atoms with Crippen molar-refractivity contribution in [1.29, 1.82) is 5.26 Å². The van der Waals surface area contributed by atoms with E-state index in [1.807, 2.05) is 13.8 Å². The highest BCUT2D eigenvalue weighted by Crippen LogP contribution is 2.16. The van der Waals surface area contributed by atoms with Gasteiger partial charge in [-0.1, -0.05) is 0 Å². The largest absolute Gasteiger partial charge is 0.315 e. The fourth-order valence-corrected chi connectivity index (χ4v) is 1.83. The molecular formula is C12H23N3. The molecule has 0 radical (unpaired) electrons. The fraction of sp³-hybridized carbons (Fsp3) is 0.917. The van der Waals surface area contributed by atoms with Crippen molar-refractivity contribution in [2.24, 2.45) is 5.41 Å². The lowest BCUT2D eigenvalue weighted by molar-refractivity contribution is 0.330. The Labute approximate surface area is 93.5 Å². The van der Waals surface area contributed by atoms with Gasteiger partial charge in [0, 0.05) is 13.1 Å². The Kier molecular flexibility index (Phi) is 5.07. The molecule has 0 saturated carbocycles. The van der Waals surface area contributed by atoms with E-state index in [0.717, 1.165) is 26.1 Å². The fourth-order valence-electron chi connectivity index (χ4n) is 1.83. The average Bonchev–Trinajstić information content (AvgIpc) is 2.70. The minimum atomic E-state index is -0.180. The van der Waals surface area contributed by atoms with Crippen molar-refractivity contribution in [3.8, 4) is 6.07 Å². The third-order valence-corrected chi connectivity index (χ3v) is 3.03. The van der Waals surface area contributed by atoms with Gasteiger partial charge >= 0.3 is 0 Å². The standard InChI is InChI=1S/C12H23N3/c1-12(2,11-13)5-6-14-7-10-15-8-3-4-9-15/h14H,3-10H2,1-2H3. The number of likely N-dealkylation sites (tertiary alicyclic amines) is 1. The molecular weight excluding hydrogens is 186 g/mol. The molecule has 0 aliphatic carbocycles. The van der Waals surface area contributed by atoms with Gasteiger partial charge in [-0.25, -0.2) is 0 Å². The van der Waals surface area contributed by atoms with Gasteiger partial charge in [0.15, 0.2) is 0 Å². The first-order valence-electron chi connectivity index (χ1n) is 5.98. The average molecular weight is 209 g/mol. The van der Waals surface area contributed by atoms with Crippen LogP contribution < -0.4 is 5.32 Å². The van der Waals surface area contributed by atoms with E-state index in [1.54, 1.807) is 0 Å². The lowest BCUT2D eigenvalue weighted by Gasteiger charge is -2.17. The minimum absolute atomic E-state index is 0.180. The van der Waals surface area contributed by atoms with E-state index in [4.69, 9.17) is 5.26 Å². The van der Waals surface area contributed by atoms with Crippen LogP contribution in [-0.2, 0) is 0 Å². The van der Waals surface area contributed by atoms with E-state index < -0.39 is 0 Å². The van der Waals surface area contributed by atoms with Crippen LogP contribution in [0, 0.1) is 16.7 Å². The van der Waals surface area contributed by atoms with Crippen LogP contribution in [0.25, 0.3) is 0 Å².